The predicted octanol–water partition coefficient (Wildman–Crippen LogP) is 3.63. The van der Waals surface area contributed by atoms with Crippen LogP contribution >= 0.6 is 0 Å². The molecule has 1 saturated carbocycles. The van der Waals surface area contributed by atoms with Gasteiger partial charge >= 0.3 is 0 Å². The predicted molar refractivity (Wildman–Crippen MR) is 102 cm³/mol. The summed E-state index contributed by atoms with van der Waals surface area (Å²) in [5.41, 5.74) is 10.2. The molecule has 0 unspecified atom stereocenters. The number of benzene rings is 1. The average molecular weight is 336 g/mol. The Kier molecular flexibility index (Phi) is 5.46. The zero-order chi connectivity index (χ0) is 17.5. The molecule has 1 fully saturated rings. The van der Waals surface area contributed by atoms with Crippen molar-refractivity contribution in [1.82, 2.24) is 15.8 Å². The van der Waals surface area contributed by atoms with Crippen LogP contribution < -0.4 is 16.2 Å². The van der Waals surface area contributed by atoms with E-state index in [9.17, 15) is 4.79 Å². The molecule has 0 atom stereocenters. The molecule has 4 rings (SSSR count). The zero-order valence-corrected chi connectivity index (χ0v) is 14.2. The summed E-state index contributed by atoms with van der Waals surface area (Å²) in [7, 11) is 0. The summed E-state index contributed by atoms with van der Waals surface area (Å²) >= 11 is 0. The van der Waals surface area contributed by atoms with Gasteiger partial charge in [0.15, 0.2) is 0 Å². The minimum atomic E-state index is 0. The van der Waals surface area contributed by atoms with Crippen LogP contribution in [-0.4, -0.2) is 10.9 Å². The van der Waals surface area contributed by atoms with Crippen molar-refractivity contribution in [1.29, 1.82) is 0 Å². The lowest BCUT2D eigenvalue weighted by molar-refractivity contribution is -0.117. The summed E-state index contributed by atoms with van der Waals surface area (Å²) in [6, 6.07) is 11.7. The summed E-state index contributed by atoms with van der Waals surface area (Å²) in [6.07, 6.45) is 11.3. The molecule has 1 amide bonds. The molecular weight excluding hydrogens is 312 g/mol. The van der Waals surface area contributed by atoms with Crippen LogP contribution in [0.4, 0.5) is 5.69 Å². The van der Waals surface area contributed by atoms with E-state index in [-0.39, 0.29) is 13.3 Å². The van der Waals surface area contributed by atoms with Gasteiger partial charge in [-0.05, 0) is 61.7 Å². The molecule has 25 heavy (non-hydrogen) atoms. The van der Waals surface area contributed by atoms with Gasteiger partial charge in [0.05, 0.1) is 5.70 Å². The van der Waals surface area contributed by atoms with Gasteiger partial charge in [-0.1, -0.05) is 12.1 Å². The fourth-order valence-corrected chi connectivity index (χ4v) is 2.40. The Bertz CT molecular complexity index is 759. The van der Waals surface area contributed by atoms with E-state index >= 15 is 0 Å². The normalized spacial score (nSPS) is 15.0. The summed E-state index contributed by atoms with van der Waals surface area (Å²) in [5, 5.41) is 2.98. The third kappa shape index (κ3) is 4.94. The number of hydrogen-bond acceptors (Lipinski definition) is 4. The summed E-state index contributed by atoms with van der Waals surface area (Å²) in [4.78, 5) is 15.6. The van der Waals surface area contributed by atoms with E-state index in [0.29, 0.717) is 0 Å². The highest BCUT2D eigenvalue weighted by molar-refractivity contribution is 5.94. The number of anilines is 1. The molecule has 2 heterocycles. The molecule has 1 aromatic heterocycles. The standard InChI is InChI=1S/C15H17N3O.C5H5N.H2/c1-10-4-7-12(17-15(19)11-5-6-11)9-13(10)14-3-2-8-16-18-14;1-2-4-6-5-3-1;/h2-4,7-9,11,16,18H,5-6H2,1H3,(H,17,19);1-5H;1H. The van der Waals surface area contributed by atoms with Gasteiger partial charge in [0.2, 0.25) is 5.91 Å². The molecule has 2 aromatic rings. The van der Waals surface area contributed by atoms with Gasteiger partial charge in [-0.2, -0.15) is 0 Å². The van der Waals surface area contributed by atoms with E-state index in [4.69, 9.17) is 0 Å². The molecule has 1 aromatic carbocycles. The number of aryl methyl sites for hydroxylation is 1. The Morgan fingerprint density at radius 2 is 2.04 bits per heavy atom. The van der Waals surface area contributed by atoms with Gasteiger partial charge in [-0.25, -0.2) is 0 Å². The highest BCUT2D eigenvalue weighted by Gasteiger charge is 2.29. The lowest BCUT2D eigenvalue weighted by Gasteiger charge is -2.17. The number of hydrazine groups is 1. The number of carbonyl (C=O) groups is 1. The molecule has 0 radical (unpaired) electrons. The Morgan fingerprint density at radius 3 is 2.60 bits per heavy atom. The van der Waals surface area contributed by atoms with Crippen LogP contribution in [0.25, 0.3) is 5.70 Å². The molecule has 3 N–H and O–H groups in total. The minimum Gasteiger partial charge on any atom is -0.326 e. The Morgan fingerprint density at radius 1 is 1.24 bits per heavy atom. The SMILES string of the molecule is Cc1ccc(NC(=O)C2CC2)cc1C1=CC=CNN1.[HH].c1ccncc1. The Labute approximate surface area is 149 Å². The third-order valence-corrected chi connectivity index (χ3v) is 3.96. The van der Waals surface area contributed by atoms with E-state index in [1.807, 2.05) is 54.8 Å². The largest absolute Gasteiger partial charge is 0.326 e. The van der Waals surface area contributed by atoms with Crippen LogP contribution in [0.1, 0.15) is 25.4 Å². The second-order valence-electron chi connectivity index (χ2n) is 6.03. The second-order valence-corrected chi connectivity index (χ2v) is 6.03. The maximum Gasteiger partial charge on any atom is 0.227 e. The van der Waals surface area contributed by atoms with Crippen molar-refractivity contribution < 1.29 is 6.22 Å². The van der Waals surface area contributed by atoms with Crippen molar-refractivity contribution in [2.75, 3.05) is 5.32 Å². The van der Waals surface area contributed by atoms with E-state index < -0.39 is 0 Å². The summed E-state index contributed by atoms with van der Waals surface area (Å²) in [6.45, 7) is 2.06. The molecule has 2 aliphatic rings. The van der Waals surface area contributed by atoms with E-state index in [0.717, 1.165) is 29.8 Å². The second kappa shape index (κ2) is 8.15. The Hall–Kier alpha value is -3.08. The minimum absolute atomic E-state index is 0. The molecule has 5 nitrogen and oxygen atoms in total. The summed E-state index contributed by atoms with van der Waals surface area (Å²) < 4.78 is 0. The van der Waals surface area contributed by atoms with Crippen LogP contribution in [0.3, 0.4) is 0 Å². The van der Waals surface area contributed by atoms with Crippen LogP contribution in [0, 0.1) is 12.8 Å². The number of pyridine rings is 1. The number of carbonyl (C=O) groups excluding carboxylic acids is 1. The first-order chi connectivity index (χ1) is 12.2. The monoisotopic (exact) mass is 336 g/mol. The topological polar surface area (TPSA) is 66.1 Å². The van der Waals surface area contributed by atoms with Crippen molar-refractivity contribution in [3.63, 3.8) is 0 Å². The van der Waals surface area contributed by atoms with Crippen LogP contribution in [-0.2, 0) is 4.79 Å². The maximum absolute atomic E-state index is 11.8. The molecule has 0 saturated heterocycles. The van der Waals surface area contributed by atoms with Crippen molar-refractivity contribution >= 4 is 17.3 Å². The maximum atomic E-state index is 11.8. The van der Waals surface area contributed by atoms with Crippen molar-refractivity contribution in [2.24, 2.45) is 5.92 Å². The van der Waals surface area contributed by atoms with E-state index in [2.05, 4.69) is 28.1 Å². The smallest absolute Gasteiger partial charge is 0.227 e. The van der Waals surface area contributed by atoms with Crippen LogP contribution in [0.5, 0.6) is 0 Å². The van der Waals surface area contributed by atoms with Gasteiger partial charge in [0, 0.05) is 37.2 Å². The highest BCUT2D eigenvalue weighted by atomic mass is 16.2. The molecular formula is C20H24N4O. The van der Waals surface area contributed by atoms with Gasteiger partial charge in [0.25, 0.3) is 0 Å². The van der Waals surface area contributed by atoms with Gasteiger partial charge in [0.1, 0.15) is 0 Å². The first-order valence-electron chi connectivity index (χ1n) is 8.39. The third-order valence-electron chi connectivity index (χ3n) is 3.96. The average Bonchev–Trinajstić information content (AvgIpc) is 3.51. The first kappa shape index (κ1) is 16.8. The Balaban J connectivity index is 0.000000297. The highest BCUT2D eigenvalue weighted by Crippen LogP contribution is 2.30. The lowest BCUT2D eigenvalue weighted by Crippen LogP contribution is -2.27. The van der Waals surface area contributed by atoms with Crippen LogP contribution in [0.2, 0.25) is 0 Å². The van der Waals surface area contributed by atoms with E-state index in [1.165, 1.54) is 5.56 Å². The van der Waals surface area contributed by atoms with Gasteiger partial charge in [-0.3, -0.25) is 9.78 Å². The van der Waals surface area contributed by atoms with Gasteiger partial charge in [-0.15, -0.1) is 0 Å². The van der Waals surface area contributed by atoms with E-state index in [1.54, 1.807) is 12.4 Å². The molecule has 1 aliphatic carbocycles. The number of nitrogens with one attached hydrogen (secondary N) is 3. The van der Waals surface area contributed by atoms with Crippen molar-refractivity contribution in [2.45, 2.75) is 19.8 Å². The lowest BCUT2D eigenvalue weighted by atomic mass is 10.0. The number of hydrogen-bond donors (Lipinski definition) is 3. The molecule has 130 valence electrons. The number of rotatable bonds is 3. The first-order valence-corrected chi connectivity index (χ1v) is 8.39. The number of allylic oxidation sites excluding steroid dienone is 2. The van der Waals surface area contributed by atoms with Crippen molar-refractivity contribution in [3.8, 4) is 0 Å². The van der Waals surface area contributed by atoms with Crippen molar-refractivity contribution in [3.05, 3.63) is 78.3 Å². The zero-order valence-electron chi connectivity index (χ0n) is 14.2. The molecule has 0 spiro atoms. The molecule has 5 heteroatoms. The summed E-state index contributed by atoms with van der Waals surface area (Å²) in [5.74, 6) is 0.361. The van der Waals surface area contributed by atoms with Gasteiger partial charge < -0.3 is 16.2 Å². The quantitative estimate of drug-likeness (QED) is 0.801. The fourth-order valence-electron chi connectivity index (χ4n) is 2.40. The molecule has 0 bridgehead atoms. The fraction of sp³-hybridized carbons (Fsp3) is 0.200. The van der Waals surface area contributed by atoms with Crippen LogP contribution in [0.15, 0.2) is 67.1 Å². The number of amides is 1. The molecule has 1 aliphatic heterocycles. The number of aromatic nitrogens is 1. The number of nitrogens with zero attached hydrogens (tertiary/aromatic N) is 1.